The summed E-state index contributed by atoms with van der Waals surface area (Å²) >= 11 is 1.74. The van der Waals surface area contributed by atoms with Crippen molar-refractivity contribution < 1.29 is 0 Å². The van der Waals surface area contributed by atoms with Crippen molar-refractivity contribution in [3.63, 3.8) is 0 Å². The predicted molar refractivity (Wildman–Crippen MR) is 67.6 cm³/mol. The van der Waals surface area contributed by atoms with Crippen LogP contribution in [0.4, 0.5) is 0 Å². The Balaban J connectivity index is 1.74. The number of nitrogens with zero attached hydrogens (tertiary/aromatic N) is 3. The van der Waals surface area contributed by atoms with Crippen LogP contribution in [-0.4, -0.2) is 54.6 Å². The lowest BCUT2D eigenvalue weighted by Gasteiger charge is -2.32. The first-order chi connectivity index (χ1) is 7.78. The molecule has 2 N–H and O–H groups in total. The molecule has 0 radical (unpaired) electrons. The maximum Gasteiger partial charge on any atom is 0.0941 e. The van der Waals surface area contributed by atoms with Crippen LogP contribution in [-0.2, 0) is 13.0 Å². The Labute approximate surface area is 101 Å². The molecule has 1 fully saturated rings. The summed E-state index contributed by atoms with van der Waals surface area (Å²) in [6.45, 7) is 6.44. The fourth-order valence-electron chi connectivity index (χ4n) is 1.88. The highest BCUT2D eigenvalue weighted by molar-refractivity contribution is 7.09. The fourth-order valence-corrected chi connectivity index (χ4v) is 2.68. The lowest BCUT2D eigenvalue weighted by molar-refractivity contribution is 0.155. The van der Waals surface area contributed by atoms with Crippen LogP contribution in [0.2, 0.25) is 0 Å². The van der Waals surface area contributed by atoms with Gasteiger partial charge in [0.1, 0.15) is 0 Å². The first kappa shape index (κ1) is 12.0. The molecule has 0 aromatic carbocycles. The molecule has 0 saturated carbocycles. The Bertz CT molecular complexity index is 318. The Morgan fingerprint density at radius 1 is 1.38 bits per heavy atom. The van der Waals surface area contributed by atoms with Crippen molar-refractivity contribution in [3.05, 3.63) is 16.1 Å². The highest BCUT2D eigenvalue weighted by Crippen LogP contribution is 2.11. The van der Waals surface area contributed by atoms with Gasteiger partial charge in [0.25, 0.3) is 0 Å². The normalized spacial score (nSPS) is 19.1. The number of thiazole rings is 1. The van der Waals surface area contributed by atoms with Crippen molar-refractivity contribution in [3.8, 4) is 0 Å². The number of hydrogen-bond donors (Lipinski definition) is 1. The van der Waals surface area contributed by atoms with E-state index < -0.39 is 0 Å². The average Bonchev–Trinajstić information content (AvgIpc) is 2.76. The molecule has 2 heterocycles. The summed E-state index contributed by atoms with van der Waals surface area (Å²) in [6, 6.07) is 0. The summed E-state index contributed by atoms with van der Waals surface area (Å²) in [5.74, 6) is 0. The van der Waals surface area contributed by atoms with Crippen LogP contribution in [0.3, 0.4) is 0 Å². The molecule has 1 aliphatic rings. The molecule has 0 unspecified atom stereocenters. The zero-order valence-corrected chi connectivity index (χ0v) is 10.7. The maximum absolute atomic E-state index is 5.55. The minimum atomic E-state index is 0.561. The van der Waals surface area contributed by atoms with E-state index in [9.17, 15) is 0 Å². The largest absolute Gasteiger partial charge is 0.325 e. The predicted octanol–water partition coefficient (Wildman–Crippen LogP) is 0.392. The molecule has 4 nitrogen and oxygen atoms in total. The van der Waals surface area contributed by atoms with E-state index >= 15 is 0 Å². The van der Waals surface area contributed by atoms with Crippen LogP contribution < -0.4 is 5.73 Å². The lowest BCUT2D eigenvalue weighted by Crippen LogP contribution is -2.45. The molecule has 1 aromatic rings. The van der Waals surface area contributed by atoms with Crippen LogP contribution in [0.5, 0.6) is 0 Å². The molecule has 90 valence electrons. The van der Waals surface area contributed by atoms with Gasteiger partial charge in [-0.1, -0.05) is 0 Å². The first-order valence-electron chi connectivity index (χ1n) is 5.82. The Morgan fingerprint density at radius 3 is 2.75 bits per heavy atom. The molecule has 2 rings (SSSR count). The second-order valence-electron chi connectivity index (χ2n) is 4.33. The molecule has 0 bridgehead atoms. The van der Waals surface area contributed by atoms with E-state index in [4.69, 9.17) is 5.73 Å². The third-order valence-electron chi connectivity index (χ3n) is 3.05. The summed E-state index contributed by atoms with van der Waals surface area (Å²) in [4.78, 5) is 9.38. The lowest BCUT2D eigenvalue weighted by atomic mass is 10.3. The number of likely N-dealkylation sites (N-methyl/N-ethyl adjacent to an activating group) is 1. The van der Waals surface area contributed by atoms with Crippen LogP contribution in [0.15, 0.2) is 5.38 Å². The zero-order chi connectivity index (χ0) is 11.4. The Hall–Kier alpha value is -0.490. The van der Waals surface area contributed by atoms with Gasteiger partial charge in [0.15, 0.2) is 0 Å². The van der Waals surface area contributed by atoms with Gasteiger partial charge in [0, 0.05) is 51.1 Å². The van der Waals surface area contributed by atoms with Crippen molar-refractivity contribution in [2.24, 2.45) is 5.73 Å². The summed E-state index contributed by atoms with van der Waals surface area (Å²) in [5.41, 5.74) is 6.57. The Kier molecular flexibility index (Phi) is 4.29. The molecule has 0 spiro atoms. The standard InChI is InChI=1S/C11H20N4S/c1-14-4-6-15(7-5-14)3-2-11-13-10(8-12)9-16-11/h9H,2-8,12H2,1H3. The smallest absolute Gasteiger partial charge is 0.0941 e. The van der Waals surface area contributed by atoms with Crippen molar-refractivity contribution in [1.82, 2.24) is 14.8 Å². The molecule has 1 aromatic heterocycles. The topological polar surface area (TPSA) is 45.4 Å². The van der Waals surface area contributed by atoms with E-state index in [1.165, 1.54) is 31.2 Å². The van der Waals surface area contributed by atoms with Crippen molar-refractivity contribution in [2.75, 3.05) is 39.8 Å². The third-order valence-corrected chi connectivity index (χ3v) is 4.00. The molecule has 0 atom stereocenters. The number of aromatic nitrogens is 1. The summed E-state index contributed by atoms with van der Waals surface area (Å²) in [6.07, 6.45) is 1.06. The van der Waals surface area contributed by atoms with Gasteiger partial charge in [0.2, 0.25) is 0 Å². The second-order valence-corrected chi connectivity index (χ2v) is 5.27. The molecule has 1 saturated heterocycles. The molecular weight excluding hydrogens is 220 g/mol. The van der Waals surface area contributed by atoms with Gasteiger partial charge < -0.3 is 15.5 Å². The third kappa shape index (κ3) is 3.25. The second kappa shape index (κ2) is 5.72. The van der Waals surface area contributed by atoms with E-state index in [-0.39, 0.29) is 0 Å². The highest BCUT2D eigenvalue weighted by atomic mass is 32.1. The molecule has 16 heavy (non-hydrogen) atoms. The maximum atomic E-state index is 5.55. The highest BCUT2D eigenvalue weighted by Gasteiger charge is 2.13. The van der Waals surface area contributed by atoms with Gasteiger partial charge in [-0.15, -0.1) is 11.3 Å². The van der Waals surface area contributed by atoms with Gasteiger partial charge in [0.05, 0.1) is 10.7 Å². The van der Waals surface area contributed by atoms with Gasteiger partial charge in [-0.05, 0) is 7.05 Å². The SMILES string of the molecule is CN1CCN(CCc2nc(CN)cs2)CC1. The van der Waals surface area contributed by atoms with E-state index in [1.807, 2.05) is 0 Å². The minimum Gasteiger partial charge on any atom is -0.325 e. The monoisotopic (exact) mass is 240 g/mol. The summed E-state index contributed by atoms with van der Waals surface area (Å²) < 4.78 is 0. The van der Waals surface area contributed by atoms with Crippen LogP contribution in [0, 0.1) is 0 Å². The Morgan fingerprint density at radius 2 is 2.12 bits per heavy atom. The van der Waals surface area contributed by atoms with E-state index in [0.717, 1.165) is 18.7 Å². The fraction of sp³-hybridized carbons (Fsp3) is 0.727. The number of piperazine rings is 1. The van der Waals surface area contributed by atoms with Crippen LogP contribution >= 0.6 is 11.3 Å². The quantitative estimate of drug-likeness (QED) is 0.827. The van der Waals surface area contributed by atoms with E-state index in [0.29, 0.717) is 6.54 Å². The molecule has 0 aliphatic carbocycles. The number of nitrogens with two attached hydrogens (primary N) is 1. The van der Waals surface area contributed by atoms with E-state index in [1.54, 1.807) is 11.3 Å². The summed E-state index contributed by atoms with van der Waals surface area (Å²) in [5, 5.41) is 3.29. The molecule has 0 amide bonds. The van der Waals surface area contributed by atoms with Crippen molar-refractivity contribution in [1.29, 1.82) is 0 Å². The van der Waals surface area contributed by atoms with Crippen LogP contribution in [0.1, 0.15) is 10.7 Å². The summed E-state index contributed by atoms with van der Waals surface area (Å²) in [7, 11) is 2.19. The molecular formula is C11H20N4S. The number of rotatable bonds is 4. The zero-order valence-electron chi connectivity index (χ0n) is 9.85. The molecule has 1 aliphatic heterocycles. The van der Waals surface area contributed by atoms with Crippen molar-refractivity contribution in [2.45, 2.75) is 13.0 Å². The van der Waals surface area contributed by atoms with Gasteiger partial charge in [-0.3, -0.25) is 0 Å². The van der Waals surface area contributed by atoms with Crippen molar-refractivity contribution >= 4 is 11.3 Å². The average molecular weight is 240 g/mol. The van der Waals surface area contributed by atoms with Gasteiger partial charge in [-0.25, -0.2) is 4.98 Å². The number of hydrogen-bond acceptors (Lipinski definition) is 5. The first-order valence-corrected chi connectivity index (χ1v) is 6.70. The van der Waals surface area contributed by atoms with Gasteiger partial charge in [-0.2, -0.15) is 0 Å². The van der Waals surface area contributed by atoms with Crippen LogP contribution in [0.25, 0.3) is 0 Å². The van der Waals surface area contributed by atoms with Gasteiger partial charge >= 0.3 is 0 Å². The minimum absolute atomic E-state index is 0.561. The van der Waals surface area contributed by atoms with E-state index in [2.05, 4.69) is 27.2 Å². The molecule has 5 heteroatoms.